The number of ether oxygens (including phenoxy) is 1. The van der Waals surface area contributed by atoms with E-state index in [0.717, 1.165) is 24.2 Å². The third kappa shape index (κ3) is 3.20. The smallest absolute Gasteiger partial charge is 0.214 e. The number of methoxy groups -OCH3 is 1. The first-order valence-corrected chi connectivity index (χ1v) is 7.28. The summed E-state index contributed by atoms with van der Waals surface area (Å²) in [6.45, 7) is 0.430. The molecule has 0 heterocycles. The molecule has 4 nitrogen and oxygen atoms in total. The molecule has 1 N–H and O–H groups in total. The molecular formula is C12H17NO3S. The molecule has 0 saturated heterocycles. The predicted molar refractivity (Wildman–Crippen MR) is 66.6 cm³/mol. The lowest BCUT2D eigenvalue weighted by molar-refractivity contribution is 0.409. The van der Waals surface area contributed by atoms with E-state index < -0.39 is 10.0 Å². The molecule has 1 aromatic rings. The Kier molecular flexibility index (Phi) is 3.69. The van der Waals surface area contributed by atoms with Gasteiger partial charge in [-0.15, -0.1) is 0 Å². The molecule has 0 aliphatic heterocycles. The number of para-hydroxylation sites is 1. The van der Waals surface area contributed by atoms with E-state index in [1.54, 1.807) is 7.11 Å². The lowest BCUT2D eigenvalue weighted by atomic mass is 10.1. The topological polar surface area (TPSA) is 55.4 Å². The minimum absolute atomic E-state index is 0.153. The molecule has 2 rings (SSSR count). The van der Waals surface area contributed by atoms with Gasteiger partial charge in [0.05, 0.1) is 12.4 Å². The predicted octanol–water partition coefficient (Wildman–Crippen LogP) is 1.32. The minimum Gasteiger partial charge on any atom is -0.496 e. The molecule has 5 heteroatoms. The lowest BCUT2D eigenvalue weighted by Gasteiger charge is -2.09. The van der Waals surface area contributed by atoms with Crippen LogP contribution in [0.1, 0.15) is 18.4 Å². The third-order valence-electron chi connectivity index (χ3n) is 2.85. The Morgan fingerprint density at radius 1 is 1.35 bits per heavy atom. The van der Waals surface area contributed by atoms with Gasteiger partial charge in [0.25, 0.3) is 0 Å². The van der Waals surface area contributed by atoms with Crippen LogP contribution in [0.4, 0.5) is 0 Å². The summed E-state index contributed by atoms with van der Waals surface area (Å²) >= 11 is 0. The van der Waals surface area contributed by atoms with E-state index in [2.05, 4.69) is 4.72 Å². The second kappa shape index (κ2) is 5.06. The zero-order chi connectivity index (χ0) is 12.3. The lowest BCUT2D eigenvalue weighted by Crippen LogP contribution is -2.29. The maximum atomic E-state index is 11.6. The fourth-order valence-electron chi connectivity index (χ4n) is 1.73. The summed E-state index contributed by atoms with van der Waals surface area (Å²) in [5.74, 6) is 0.804. The number of sulfonamides is 1. The van der Waals surface area contributed by atoms with Gasteiger partial charge in [0.15, 0.2) is 0 Å². The molecule has 1 fully saturated rings. The van der Waals surface area contributed by atoms with Crippen molar-refractivity contribution in [3.8, 4) is 5.75 Å². The van der Waals surface area contributed by atoms with Gasteiger partial charge < -0.3 is 4.74 Å². The summed E-state index contributed by atoms with van der Waals surface area (Å²) in [5.41, 5.74) is 1.02. The molecule has 0 aromatic heterocycles. The Labute approximate surface area is 102 Å². The van der Waals surface area contributed by atoms with Crippen molar-refractivity contribution in [2.45, 2.75) is 24.5 Å². The minimum atomic E-state index is -3.07. The van der Waals surface area contributed by atoms with Crippen molar-refractivity contribution in [1.82, 2.24) is 4.72 Å². The zero-order valence-corrected chi connectivity index (χ0v) is 10.7. The molecule has 0 radical (unpaired) electrons. The van der Waals surface area contributed by atoms with Crippen LogP contribution in [0.3, 0.4) is 0 Å². The average Bonchev–Trinajstić information content (AvgIpc) is 3.13. The molecule has 94 valence electrons. The molecule has 1 saturated carbocycles. The molecule has 1 aliphatic rings. The highest BCUT2D eigenvalue weighted by Gasteiger charge is 2.35. The number of rotatable bonds is 6. The van der Waals surface area contributed by atoms with E-state index >= 15 is 0 Å². The molecule has 0 amide bonds. The molecule has 1 aromatic carbocycles. The summed E-state index contributed by atoms with van der Waals surface area (Å²) in [7, 11) is -1.45. The van der Waals surface area contributed by atoms with Crippen LogP contribution in [0.2, 0.25) is 0 Å². The summed E-state index contributed by atoms with van der Waals surface area (Å²) in [6.07, 6.45) is 2.24. The van der Waals surface area contributed by atoms with Crippen molar-refractivity contribution in [3.05, 3.63) is 29.8 Å². The summed E-state index contributed by atoms with van der Waals surface area (Å²) in [4.78, 5) is 0. The van der Waals surface area contributed by atoms with E-state index in [1.165, 1.54) is 0 Å². The third-order valence-corrected chi connectivity index (χ3v) is 4.81. The van der Waals surface area contributed by atoms with Crippen LogP contribution in [-0.2, 0) is 16.4 Å². The van der Waals surface area contributed by atoms with E-state index in [4.69, 9.17) is 4.74 Å². The van der Waals surface area contributed by atoms with Gasteiger partial charge in [0.2, 0.25) is 10.0 Å². The standard InChI is InChI=1S/C12H17NO3S/c1-16-12-5-3-2-4-10(12)8-9-13-17(14,15)11-6-7-11/h2-5,11,13H,6-9H2,1H3. The van der Waals surface area contributed by atoms with Crippen molar-refractivity contribution in [2.24, 2.45) is 0 Å². The maximum absolute atomic E-state index is 11.6. The first-order chi connectivity index (χ1) is 8.13. The van der Waals surface area contributed by atoms with Crippen LogP contribution in [0, 0.1) is 0 Å². The second-order valence-corrected chi connectivity index (χ2v) is 6.25. The van der Waals surface area contributed by atoms with E-state index in [0.29, 0.717) is 13.0 Å². The van der Waals surface area contributed by atoms with Crippen LogP contribution < -0.4 is 9.46 Å². The van der Waals surface area contributed by atoms with E-state index in [-0.39, 0.29) is 5.25 Å². The van der Waals surface area contributed by atoms with Crippen molar-refractivity contribution < 1.29 is 13.2 Å². The highest BCUT2D eigenvalue weighted by molar-refractivity contribution is 7.90. The Morgan fingerprint density at radius 2 is 2.06 bits per heavy atom. The van der Waals surface area contributed by atoms with Gasteiger partial charge in [0.1, 0.15) is 5.75 Å². The first kappa shape index (κ1) is 12.4. The second-order valence-electron chi connectivity index (χ2n) is 4.20. The normalized spacial score (nSPS) is 15.8. The van der Waals surface area contributed by atoms with Gasteiger partial charge in [-0.25, -0.2) is 13.1 Å². The van der Waals surface area contributed by atoms with Crippen LogP contribution in [0.15, 0.2) is 24.3 Å². The van der Waals surface area contributed by atoms with Gasteiger partial charge in [-0.1, -0.05) is 18.2 Å². The van der Waals surface area contributed by atoms with Crippen molar-refractivity contribution in [2.75, 3.05) is 13.7 Å². The van der Waals surface area contributed by atoms with Gasteiger partial charge in [0, 0.05) is 6.54 Å². The molecule has 1 aliphatic carbocycles. The van der Waals surface area contributed by atoms with Crippen LogP contribution in [-0.4, -0.2) is 27.3 Å². The first-order valence-electron chi connectivity index (χ1n) is 5.74. The van der Waals surface area contributed by atoms with Gasteiger partial charge >= 0.3 is 0 Å². The fraction of sp³-hybridized carbons (Fsp3) is 0.500. The van der Waals surface area contributed by atoms with Crippen molar-refractivity contribution >= 4 is 10.0 Å². The number of benzene rings is 1. The fourth-order valence-corrected chi connectivity index (χ4v) is 3.11. The largest absolute Gasteiger partial charge is 0.496 e. The van der Waals surface area contributed by atoms with Crippen molar-refractivity contribution in [1.29, 1.82) is 0 Å². The highest BCUT2D eigenvalue weighted by Crippen LogP contribution is 2.27. The molecule has 0 unspecified atom stereocenters. The molecule has 0 spiro atoms. The van der Waals surface area contributed by atoms with Crippen LogP contribution >= 0.6 is 0 Å². The maximum Gasteiger partial charge on any atom is 0.214 e. The van der Waals surface area contributed by atoms with Gasteiger partial charge in [-0.3, -0.25) is 0 Å². The highest BCUT2D eigenvalue weighted by atomic mass is 32.2. The SMILES string of the molecule is COc1ccccc1CCNS(=O)(=O)C1CC1. The zero-order valence-electron chi connectivity index (χ0n) is 9.85. The Hall–Kier alpha value is -1.07. The van der Waals surface area contributed by atoms with E-state index in [1.807, 2.05) is 24.3 Å². The Balaban J connectivity index is 1.89. The van der Waals surface area contributed by atoms with E-state index in [9.17, 15) is 8.42 Å². The monoisotopic (exact) mass is 255 g/mol. The summed E-state index contributed by atoms with van der Waals surface area (Å²) < 4.78 is 31.0. The van der Waals surface area contributed by atoms with Gasteiger partial charge in [-0.2, -0.15) is 0 Å². The van der Waals surface area contributed by atoms with Crippen LogP contribution in [0.5, 0.6) is 5.75 Å². The molecular weight excluding hydrogens is 238 g/mol. The van der Waals surface area contributed by atoms with Crippen molar-refractivity contribution in [3.63, 3.8) is 0 Å². The summed E-state index contributed by atoms with van der Waals surface area (Å²) in [5, 5.41) is -0.153. The average molecular weight is 255 g/mol. The quantitative estimate of drug-likeness (QED) is 0.834. The number of hydrogen-bond donors (Lipinski definition) is 1. The molecule has 0 bridgehead atoms. The van der Waals surface area contributed by atoms with Gasteiger partial charge in [-0.05, 0) is 30.9 Å². The molecule has 0 atom stereocenters. The molecule has 17 heavy (non-hydrogen) atoms. The Bertz CT molecular complexity index is 480. The Morgan fingerprint density at radius 3 is 2.71 bits per heavy atom. The number of nitrogens with one attached hydrogen (secondary N) is 1. The van der Waals surface area contributed by atoms with Crippen LogP contribution in [0.25, 0.3) is 0 Å². The summed E-state index contributed by atoms with van der Waals surface area (Å²) in [6, 6.07) is 7.65. The number of hydrogen-bond acceptors (Lipinski definition) is 3.